The molecule has 0 aliphatic heterocycles. The summed E-state index contributed by atoms with van der Waals surface area (Å²) in [4.78, 5) is 44.1. The molecule has 0 radical (unpaired) electrons. The second kappa shape index (κ2) is 10.7. The molecule has 2 bridgehead atoms. The third-order valence-electron chi connectivity index (χ3n) is 7.28. The van der Waals surface area contributed by atoms with Gasteiger partial charge in [-0.25, -0.2) is 9.37 Å². The molecule has 2 aromatic rings. The highest BCUT2D eigenvalue weighted by Gasteiger charge is 2.64. The van der Waals surface area contributed by atoms with Crippen LogP contribution in [0.1, 0.15) is 30.4 Å². The molecule has 0 spiro atoms. The number of halogens is 6. The molecule has 5 rings (SSSR count). The molecule has 1 aromatic carbocycles. The quantitative estimate of drug-likeness (QED) is 0.270. The maximum Gasteiger partial charge on any atom is 0.416 e. The molecule has 2 amide bonds. The van der Waals surface area contributed by atoms with Crippen LogP contribution in [-0.2, 0) is 31.8 Å². The second-order valence-corrected chi connectivity index (χ2v) is 10.3. The molecule has 204 valence electrons. The van der Waals surface area contributed by atoms with E-state index >= 15 is 0 Å². The average Bonchev–Trinajstić information content (AvgIpc) is 3.41. The van der Waals surface area contributed by atoms with Crippen molar-refractivity contribution < 1.29 is 36.7 Å². The number of hydrogen-bond acceptors (Lipinski definition) is 5. The Morgan fingerprint density at radius 3 is 2.42 bits per heavy atom. The van der Waals surface area contributed by atoms with E-state index in [2.05, 4.69) is 10.3 Å². The van der Waals surface area contributed by atoms with Crippen molar-refractivity contribution in [3.05, 3.63) is 58.5 Å². The molecule has 38 heavy (non-hydrogen) atoms. The van der Waals surface area contributed by atoms with Gasteiger partial charge in [0.05, 0.1) is 23.1 Å². The van der Waals surface area contributed by atoms with E-state index in [4.69, 9.17) is 27.9 Å². The second-order valence-electron chi connectivity index (χ2n) is 9.58. The van der Waals surface area contributed by atoms with Crippen LogP contribution < -0.4 is 5.32 Å². The van der Waals surface area contributed by atoms with Gasteiger partial charge in [0.15, 0.2) is 11.6 Å². The molecule has 3 aliphatic rings. The molecule has 1 N–H and O–H groups in total. The first-order valence-electron chi connectivity index (χ1n) is 11.6. The third-order valence-corrected chi connectivity index (χ3v) is 7.72. The number of nitrogens with one attached hydrogen (secondary N) is 1. The normalized spacial score (nSPS) is 22.8. The molecule has 7 nitrogen and oxygen atoms in total. The lowest BCUT2D eigenvalue weighted by molar-refractivity contribution is -0.157. The van der Waals surface area contributed by atoms with Crippen molar-refractivity contribution in [2.45, 2.75) is 38.0 Å². The standard InChI is InChI=1S/C25H23Cl2F4N3O4/c1-38-23(37)24-7-14(8-24)17(9-24)20(22(36)33-21-18(28)6-16(27)11-32-21)34(19(35)10-26)12-13-2-4-15(5-3-13)25(29,30)31/h2-6,11,14,17,20H,7-10,12H2,1H3,(H,32,33,36). The van der Waals surface area contributed by atoms with E-state index in [1.807, 2.05) is 0 Å². The van der Waals surface area contributed by atoms with E-state index in [1.54, 1.807) is 0 Å². The number of ether oxygens (including phenoxy) is 1. The van der Waals surface area contributed by atoms with Gasteiger partial charge in [-0.1, -0.05) is 23.7 Å². The molecule has 1 heterocycles. The zero-order chi connectivity index (χ0) is 27.8. The number of methoxy groups -OCH3 is 1. The highest BCUT2D eigenvalue weighted by Crippen LogP contribution is 2.63. The van der Waals surface area contributed by atoms with Crippen LogP contribution in [0.4, 0.5) is 23.4 Å². The summed E-state index contributed by atoms with van der Waals surface area (Å²) in [6.07, 6.45) is -2.28. The molecular formula is C25H23Cl2F4N3O4. The lowest BCUT2D eigenvalue weighted by Crippen LogP contribution is -2.52. The minimum Gasteiger partial charge on any atom is -0.469 e. The number of fused-ring (bicyclic) bond motifs is 1. The summed E-state index contributed by atoms with van der Waals surface area (Å²) in [5, 5.41) is 2.41. The number of amides is 2. The summed E-state index contributed by atoms with van der Waals surface area (Å²) in [6, 6.07) is 3.90. The fraction of sp³-hybridized carbons (Fsp3) is 0.440. The van der Waals surface area contributed by atoms with E-state index < -0.39 is 64.4 Å². The van der Waals surface area contributed by atoms with E-state index in [0.717, 1.165) is 29.3 Å². The van der Waals surface area contributed by atoms with E-state index in [9.17, 15) is 31.9 Å². The SMILES string of the molecule is COC(=O)C12CC(C1)C(C(C(=O)Nc1ncc(Cl)cc1F)N(Cc1ccc(C(F)(F)F)cc1)C(=O)CCl)C2. The Balaban J connectivity index is 1.68. The minimum absolute atomic E-state index is 0.00920. The molecule has 3 aliphatic carbocycles. The predicted molar refractivity (Wildman–Crippen MR) is 130 cm³/mol. The van der Waals surface area contributed by atoms with Gasteiger partial charge < -0.3 is 15.0 Å². The predicted octanol–water partition coefficient (Wildman–Crippen LogP) is 5.06. The lowest BCUT2D eigenvalue weighted by atomic mass is 9.69. The molecular weight excluding hydrogens is 553 g/mol. The molecule has 1 aromatic heterocycles. The average molecular weight is 576 g/mol. The monoisotopic (exact) mass is 575 g/mol. The van der Waals surface area contributed by atoms with E-state index in [1.165, 1.54) is 19.2 Å². The number of nitrogens with zero attached hydrogens (tertiary/aromatic N) is 2. The molecule has 3 saturated carbocycles. The summed E-state index contributed by atoms with van der Waals surface area (Å²) >= 11 is 11.6. The fourth-order valence-corrected chi connectivity index (χ4v) is 5.84. The number of alkyl halides is 4. The molecule has 0 saturated heterocycles. The topological polar surface area (TPSA) is 88.6 Å². The number of esters is 1. The molecule has 13 heteroatoms. The van der Waals surface area contributed by atoms with Crippen molar-refractivity contribution in [2.24, 2.45) is 17.3 Å². The summed E-state index contributed by atoms with van der Waals surface area (Å²) in [5.41, 5.74) is -1.35. The van der Waals surface area contributed by atoms with Crippen LogP contribution in [0.25, 0.3) is 0 Å². The zero-order valence-electron chi connectivity index (χ0n) is 20.0. The number of hydrogen-bond donors (Lipinski definition) is 1. The lowest BCUT2D eigenvalue weighted by Gasteiger charge is -2.38. The number of rotatable bonds is 8. The highest BCUT2D eigenvalue weighted by molar-refractivity contribution is 6.30. The van der Waals surface area contributed by atoms with Gasteiger partial charge in [-0.15, -0.1) is 11.6 Å². The Labute approximate surface area is 225 Å². The summed E-state index contributed by atoms with van der Waals surface area (Å²) in [7, 11) is 1.27. The summed E-state index contributed by atoms with van der Waals surface area (Å²) < 4.78 is 58.5. The highest BCUT2D eigenvalue weighted by atomic mass is 35.5. The van der Waals surface area contributed by atoms with Gasteiger partial charge in [0.2, 0.25) is 11.8 Å². The first-order chi connectivity index (χ1) is 17.9. The van der Waals surface area contributed by atoms with Crippen molar-refractivity contribution >= 4 is 46.8 Å². The molecule has 2 atom stereocenters. The smallest absolute Gasteiger partial charge is 0.416 e. The number of carbonyl (C=O) groups is 3. The van der Waals surface area contributed by atoms with Crippen molar-refractivity contribution in [3.63, 3.8) is 0 Å². The number of benzene rings is 1. The molecule has 3 fully saturated rings. The number of carbonyl (C=O) groups excluding carboxylic acids is 3. The van der Waals surface area contributed by atoms with Crippen LogP contribution in [-0.4, -0.2) is 46.7 Å². The van der Waals surface area contributed by atoms with Gasteiger partial charge in [0, 0.05) is 12.7 Å². The van der Waals surface area contributed by atoms with Crippen molar-refractivity contribution in [2.75, 3.05) is 18.3 Å². The van der Waals surface area contributed by atoms with Crippen LogP contribution in [0.3, 0.4) is 0 Å². The van der Waals surface area contributed by atoms with Gasteiger partial charge in [-0.05, 0) is 54.9 Å². The Hall–Kier alpha value is -2.92. The van der Waals surface area contributed by atoms with Crippen molar-refractivity contribution in [1.82, 2.24) is 9.88 Å². The number of aromatic nitrogens is 1. The largest absolute Gasteiger partial charge is 0.469 e. The first kappa shape index (κ1) is 28.1. The van der Waals surface area contributed by atoms with Crippen LogP contribution >= 0.6 is 23.2 Å². The van der Waals surface area contributed by atoms with E-state index in [0.29, 0.717) is 18.4 Å². The number of anilines is 1. The summed E-state index contributed by atoms with van der Waals surface area (Å²) in [6.45, 7) is -0.243. The first-order valence-corrected chi connectivity index (χ1v) is 12.5. The third kappa shape index (κ3) is 5.44. The van der Waals surface area contributed by atoms with Crippen LogP contribution in [0, 0.1) is 23.1 Å². The zero-order valence-corrected chi connectivity index (χ0v) is 21.5. The Bertz CT molecular complexity index is 1240. The van der Waals surface area contributed by atoms with Gasteiger partial charge in [-0.2, -0.15) is 13.2 Å². The number of pyridine rings is 1. The van der Waals surface area contributed by atoms with Gasteiger partial charge in [0.1, 0.15) is 11.9 Å². The maximum atomic E-state index is 14.4. The van der Waals surface area contributed by atoms with Gasteiger partial charge in [0.25, 0.3) is 0 Å². The van der Waals surface area contributed by atoms with Crippen molar-refractivity contribution in [3.8, 4) is 0 Å². The Kier molecular flexibility index (Phi) is 7.90. The van der Waals surface area contributed by atoms with Crippen LogP contribution in [0.5, 0.6) is 0 Å². The van der Waals surface area contributed by atoms with Crippen molar-refractivity contribution in [1.29, 1.82) is 0 Å². The van der Waals surface area contributed by atoms with Gasteiger partial charge in [-0.3, -0.25) is 14.4 Å². The minimum atomic E-state index is -4.55. The molecule has 2 unspecified atom stereocenters. The van der Waals surface area contributed by atoms with Crippen LogP contribution in [0.2, 0.25) is 5.02 Å². The Morgan fingerprint density at radius 2 is 1.87 bits per heavy atom. The Morgan fingerprint density at radius 1 is 1.21 bits per heavy atom. The van der Waals surface area contributed by atoms with Gasteiger partial charge >= 0.3 is 12.1 Å². The van der Waals surface area contributed by atoms with Crippen LogP contribution in [0.15, 0.2) is 36.5 Å². The summed E-state index contributed by atoms with van der Waals surface area (Å²) in [5.74, 6) is -4.32. The maximum absolute atomic E-state index is 14.4. The van der Waals surface area contributed by atoms with E-state index in [-0.39, 0.29) is 23.9 Å². The fourth-order valence-electron chi connectivity index (χ4n) is 5.55.